The van der Waals surface area contributed by atoms with Gasteiger partial charge in [0, 0.05) is 24.2 Å². The first kappa shape index (κ1) is 23.1. The van der Waals surface area contributed by atoms with Crippen LogP contribution >= 0.6 is 0 Å². The molecule has 3 aromatic rings. The van der Waals surface area contributed by atoms with Gasteiger partial charge in [-0.05, 0) is 79.0 Å². The first-order valence-electron chi connectivity index (χ1n) is 12.9. The number of benzene rings is 3. The number of carbonyl (C=O) groups is 1. The quantitative estimate of drug-likeness (QED) is 0.492. The summed E-state index contributed by atoms with van der Waals surface area (Å²) in [6.45, 7) is 3.08. The van der Waals surface area contributed by atoms with Crippen LogP contribution in [-0.2, 0) is 0 Å². The average molecular weight is 457 g/mol. The lowest BCUT2D eigenvalue weighted by Crippen LogP contribution is -2.37. The zero-order valence-corrected chi connectivity index (χ0v) is 20.1. The van der Waals surface area contributed by atoms with Gasteiger partial charge in [-0.25, -0.2) is 0 Å². The first-order chi connectivity index (χ1) is 16.6. The highest BCUT2D eigenvalue weighted by Crippen LogP contribution is 2.35. The Hall–Kier alpha value is -2.69. The van der Waals surface area contributed by atoms with E-state index < -0.39 is 0 Å². The molecule has 3 aromatic carbocycles. The molecule has 4 heteroatoms. The number of fused-ring (bicyclic) bond motifs is 1. The van der Waals surface area contributed by atoms with Gasteiger partial charge in [-0.3, -0.25) is 4.79 Å². The molecule has 0 spiro atoms. The normalized spacial score (nSPS) is 23.8. The maximum absolute atomic E-state index is 12.9. The average Bonchev–Trinajstić information content (AvgIpc) is 3.37. The van der Waals surface area contributed by atoms with Crippen LogP contribution in [0.2, 0.25) is 0 Å². The molecule has 2 fully saturated rings. The summed E-state index contributed by atoms with van der Waals surface area (Å²) >= 11 is 0. The van der Waals surface area contributed by atoms with Crippen LogP contribution in [0.5, 0.6) is 0 Å². The maximum Gasteiger partial charge on any atom is 0.254 e. The second kappa shape index (κ2) is 10.3. The molecule has 1 saturated carbocycles. The Balaban J connectivity index is 1.24. The smallest absolute Gasteiger partial charge is 0.254 e. The minimum absolute atomic E-state index is 0.0268. The third-order valence-electron chi connectivity index (χ3n) is 7.93. The van der Waals surface area contributed by atoms with Crippen LogP contribution in [0.1, 0.15) is 78.9 Å². The van der Waals surface area contributed by atoms with Crippen molar-refractivity contribution in [1.29, 1.82) is 0 Å². The second-order valence-electron chi connectivity index (χ2n) is 10.1. The molecule has 178 valence electrons. The summed E-state index contributed by atoms with van der Waals surface area (Å²) in [6, 6.07) is 24.3. The maximum atomic E-state index is 12.9. The number of aliphatic hydroxyl groups excluding tert-OH is 1. The van der Waals surface area contributed by atoms with Gasteiger partial charge in [0.1, 0.15) is 0 Å². The fourth-order valence-corrected chi connectivity index (χ4v) is 6.07. The van der Waals surface area contributed by atoms with Crippen LogP contribution in [0, 0.1) is 0 Å². The number of carbonyl (C=O) groups excluding carboxylic acids is 1. The molecule has 1 aliphatic carbocycles. The summed E-state index contributed by atoms with van der Waals surface area (Å²) in [7, 11) is 0. The minimum Gasteiger partial charge on any atom is -0.394 e. The van der Waals surface area contributed by atoms with E-state index in [1.165, 1.54) is 41.2 Å². The first-order valence-corrected chi connectivity index (χ1v) is 12.9. The van der Waals surface area contributed by atoms with E-state index in [2.05, 4.69) is 66.8 Å². The number of rotatable bonds is 6. The Morgan fingerprint density at radius 1 is 1.00 bits per heavy atom. The van der Waals surface area contributed by atoms with Crippen LogP contribution in [0.4, 0.5) is 0 Å². The fraction of sp³-hybridized carbons (Fsp3) is 0.433. The fourth-order valence-electron chi connectivity index (χ4n) is 6.07. The number of hydrogen-bond donors (Lipinski definition) is 2. The van der Waals surface area contributed by atoms with E-state index in [0.717, 1.165) is 31.4 Å². The van der Waals surface area contributed by atoms with Gasteiger partial charge < -0.3 is 15.3 Å². The van der Waals surface area contributed by atoms with Gasteiger partial charge in [0.15, 0.2) is 0 Å². The predicted octanol–water partition coefficient (Wildman–Crippen LogP) is 5.81. The van der Waals surface area contributed by atoms with Crippen LogP contribution in [0.25, 0.3) is 10.8 Å². The predicted molar refractivity (Wildman–Crippen MR) is 138 cm³/mol. The topological polar surface area (TPSA) is 52.6 Å². The monoisotopic (exact) mass is 456 g/mol. The molecule has 4 atom stereocenters. The Kier molecular flexibility index (Phi) is 6.98. The standard InChI is InChI=1S/C30H36N2O2/c1-21(28-13-5-8-23-7-2-3-12-29(23)28)31-26-10-4-9-25(19-26)22-14-16-24(17-15-22)30(34)32-18-6-11-27(32)20-33/h2-3,5,7-8,12-17,21,25-27,31,33H,4,6,9-11,18-20H2,1H3. The van der Waals surface area contributed by atoms with Crippen molar-refractivity contribution in [3.05, 3.63) is 83.4 Å². The molecule has 1 saturated heterocycles. The van der Waals surface area contributed by atoms with Gasteiger partial charge in [-0.2, -0.15) is 0 Å². The van der Waals surface area contributed by atoms with E-state index in [1.807, 2.05) is 17.0 Å². The van der Waals surface area contributed by atoms with Crippen molar-refractivity contribution in [2.75, 3.05) is 13.2 Å². The summed E-state index contributed by atoms with van der Waals surface area (Å²) in [5, 5.41) is 16.1. The minimum atomic E-state index is -0.0268. The molecule has 0 bridgehead atoms. The summed E-state index contributed by atoms with van der Waals surface area (Å²) in [5.41, 5.74) is 3.44. The number of amides is 1. The Morgan fingerprint density at radius 3 is 2.62 bits per heavy atom. The lowest BCUT2D eigenvalue weighted by atomic mass is 9.80. The number of aliphatic hydroxyl groups is 1. The number of nitrogens with zero attached hydrogens (tertiary/aromatic N) is 1. The van der Waals surface area contributed by atoms with Crippen molar-refractivity contribution in [3.8, 4) is 0 Å². The second-order valence-corrected chi connectivity index (χ2v) is 10.1. The summed E-state index contributed by atoms with van der Waals surface area (Å²) in [5.74, 6) is 0.572. The molecule has 34 heavy (non-hydrogen) atoms. The molecule has 0 radical (unpaired) electrons. The molecule has 1 amide bonds. The molecule has 4 nitrogen and oxygen atoms in total. The van der Waals surface area contributed by atoms with E-state index >= 15 is 0 Å². The van der Waals surface area contributed by atoms with Crippen molar-refractivity contribution >= 4 is 16.7 Å². The third-order valence-corrected chi connectivity index (χ3v) is 7.93. The Labute approximate surface area is 203 Å². The Morgan fingerprint density at radius 2 is 1.79 bits per heavy atom. The highest BCUT2D eigenvalue weighted by Gasteiger charge is 2.29. The van der Waals surface area contributed by atoms with E-state index in [0.29, 0.717) is 18.0 Å². The van der Waals surface area contributed by atoms with Crippen molar-refractivity contribution in [2.24, 2.45) is 0 Å². The lowest BCUT2D eigenvalue weighted by Gasteiger charge is -2.33. The number of hydrogen-bond acceptors (Lipinski definition) is 3. The molecule has 5 rings (SSSR count). The molecule has 2 aliphatic rings. The van der Waals surface area contributed by atoms with Crippen molar-refractivity contribution in [3.63, 3.8) is 0 Å². The zero-order valence-electron chi connectivity index (χ0n) is 20.1. The van der Waals surface area contributed by atoms with E-state index in [9.17, 15) is 9.90 Å². The van der Waals surface area contributed by atoms with Crippen LogP contribution in [-0.4, -0.2) is 41.1 Å². The number of nitrogens with one attached hydrogen (secondary N) is 1. The largest absolute Gasteiger partial charge is 0.394 e. The Bertz CT molecular complexity index is 1120. The van der Waals surface area contributed by atoms with Gasteiger partial charge in [0.05, 0.1) is 12.6 Å². The summed E-state index contributed by atoms with van der Waals surface area (Å²) in [6.07, 6.45) is 6.63. The van der Waals surface area contributed by atoms with Crippen molar-refractivity contribution in [1.82, 2.24) is 10.2 Å². The highest BCUT2D eigenvalue weighted by molar-refractivity contribution is 5.94. The SMILES string of the molecule is CC(NC1CCCC(c2ccc(C(=O)N3CCCC3CO)cc2)C1)c1cccc2ccccc12. The van der Waals surface area contributed by atoms with Crippen LogP contribution in [0.3, 0.4) is 0 Å². The van der Waals surface area contributed by atoms with E-state index in [1.54, 1.807) is 0 Å². The molecule has 1 aliphatic heterocycles. The van der Waals surface area contributed by atoms with Crippen LogP contribution < -0.4 is 5.32 Å². The third kappa shape index (κ3) is 4.75. The van der Waals surface area contributed by atoms with Gasteiger partial charge in [-0.15, -0.1) is 0 Å². The van der Waals surface area contributed by atoms with Gasteiger partial charge in [0.2, 0.25) is 0 Å². The summed E-state index contributed by atoms with van der Waals surface area (Å²) in [4.78, 5) is 14.7. The van der Waals surface area contributed by atoms with E-state index in [-0.39, 0.29) is 18.6 Å². The van der Waals surface area contributed by atoms with E-state index in [4.69, 9.17) is 0 Å². The molecular weight excluding hydrogens is 420 g/mol. The molecule has 0 aromatic heterocycles. The van der Waals surface area contributed by atoms with Gasteiger partial charge in [-0.1, -0.05) is 61.0 Å². The highest BCUT2D eigenvalue weighted by atomic mass is 16.3. The zero-order chi connectivity index (χ0) is 23.5. The summed E-state index contributed by atoms with van der Waals surface area (Å²) < 4.78 is 0. The van der Waals surface area contributed by atoms with Gasteiger partial charge in [0.25, 0.3) is 5.91 Å². The van der Waals surface area contributed by atoms with Gasteiger partial charge >= 0.3 is 0 Å². The molecule has 2 N–H and O–H groups in total. The van der Waals surface area contributed by atoms with Crippen LogP contribution in [0.15, 0.2) is 66.7 Å². The van der Waals surface area contributed by atoms with Crippen molar-refractivity contribution in [2.45, 2.75) is 69.5 Å². The lowest BCUT2D eigenvalue weighted by molar-refractivity contribution is 0.0677. The number of likely N-dealkylation sites (tertiary alicyclic amines) is 1. The van der Waals surface area contributed by atoms with Crippen molar-refractivity contribution < 1.29 is 9.90 Å². The molecule has 4 unspecified atom stereocenters. The molecular formula is C30H36N2O2. The molecule has 1 heterocycles.